The van der Waals surface area contributed by atoms with Crippen LogP contribution in [-0.2, 0) is 9.59 Å². The van der Waals surface area contributed by atoms with E-state index in [-0.39, 0.29) is 18.7 Å². The number of nitrogens with zero attached hydrogens (tertiary/aromatic N) is 2. The van der Waals surface area contributed by atoms with Crippen LogP contribution >= 0.6 is 0 Å². The van der Waals surface area contributed by atoms with Crippen molar-refractivity contribution in [3.05, 3.63) is 28.8 Å². The van der Waals surface area contributed by atoms with E-state index in [4.69, 9.17) is 0 Å². The van der Waals surface area contributed by atoms with Gasteiger partial charge in [-0.1, -0.05) is 0 Å². The van der Waals surface area contributed by atoms with Gasteiger partial charge in [-0.2, -0.15) is 0 Å². The molecule has 3 aliphatic rings. The highest BCUT2D eigenvalue weighted by Crippen LogP contribution is 2.33. The zero-order valence-corrected chi connectivity index (χ0v) is 14.5. The number of rotatable bonds is 2. The number of hydrogen-bond donors (Lipinski definition) is 2. The molecule has 2 N–H and O–H groups in total. The molecule has 1 atom stereocenters. The Morgan fingerprint density at radius 3 is 2.31 bits per heavy atom. The molecule has 0 aromatic heterocycles. The molecule has 0 spiro atoms. The normalized spacial score (nSPS) is 23.3. The molecular formula is C18H20N4O4. The van der Waals surface area contributed by atoms with E-state index < -0.39 is 23.8 Å². The topological polar surface area (TPSA) is 98.8 Å². The summed E-state index contributed by atoms with van der Waals surface area (Å²) >= 11 is 0. The van der Waals surface area contributed by atoms with Crippen LogP contribution in [-0.4, -0.2) is 60.7 Å². The maximum absolute atomic E-state index is 12.9. The summed E-state index contributed by atoms with van der Waals surface area (Å²) in [6, 6.07) is 2.57. The molecule has 8 heteroatoms. The number of aryl methyl sites for hydroxylation is 1. The van der Waals surface area contributed by atoms with Crippen LogP contribution in [0.3, 0.4) is 0 Å². The zero-order chi connectivity index (χ0) is 18.4. The van der Waals surface area contributed by atoms with Crippen LogP contribution in [0.2, 0.25) is 0 Å². The molecule has 2 saturated heterocycles. The summed E-state index contributed by atoms with van der Waals surface area (Å²) in [4.78, 5) is 52.3. The van der Waals surface area contributed by atoms with E-state index in [1.54, 1.807) is 12.1 Å². The number of piperazine rings is 1. The number of benzene rings is 1. The minimum Gasteiger partial charge on any atom is -0.369 e. The lowest BCUT2D eigenvalue weighted by atomic mass is 10.0. The summed E-state index contributed by atoms with van der Waals surface area (Å²) in [5, 5.41) is 5.50. The summed E-state index contributed by atoms with van der Waals surface area (Å²) in [6.07, 6.45) is 0.286. The number of anilines is 1. The fourth-order valence-corrected chi connectivity index (χ4v) is 3.86. The molecule has 8 nitrogen and oxygen atoms in total. The zero-order valence-electron chi connectivity index (χ0n) is 14.5. The Labute approximate surface area is 150 Å². The molecule has 1 aromatic carbocycles. The molecule has 0 bridgehead atoms. The first kappa shape index (κ1) is 16.7. The Balaban J connectivity index is 1.68. The Morgan fingerprint density at radius 1 is 1.00 bits per heavy atom. The first-order valence-electron chi connectivity index (χ1n) is 8.79. The average Bonchev–Trinajstić information content (AvgIpc) is 2.86. The van der Waals surface area contributed by atoms with Gasteiger partial charge in [0.25, 0.3) is 11.8 Å². The van der Waals surface area contributed by atoms with E-state index in [9.17, 15) is 19.2 Å². The van der Waals surface area contributed by atoms with Gasteiger partial charge in [-0.3, -0.25) is 29.4 Å². The van der Waals surface area contributed by atoms with Crippen molar-refractivity contribution in [1.29, 1.82) is 0 Å². The molecule has 2 fully saturated rings. The molecule has 1 aromatic rings. The maximum atomic E-state index is 12.9. The van der Waals surface area contributed by atoms with E-state index in [1.807, 2.05) is 6.92 Å². The highest BCUT2D eigenvalue weighted by Gasteiger charge is 2.45. The molecule has 4 rings (SSSR count). The number of fused-ring (bicyclic) bond motifs is 1. The third-order valence-corrected chi connectivity index (χ3v) is 5.21. The summed E-state index contributed by atoms with van der Waals surface area (Å²) in [7, 11) is 0. The molecule has 136 valence electrons. The molecule has 3 aliphatic heterocycles. The molecule has 0 radical (unpaired) electrons. The van der Waals surface area contributed by atoms with Crippen molar-refractivity contribution in [3.8, 4) is 0 Å². The monoisotopic (exact) mass is 356 g/mol. The predicted octanol–water partition coefficient (Wildman–Crippen LogP) is -0.194. The maximum Gasteiger partial charge on any atom is 0.262 e. The van der Waals surface area contributed by atoms with Crippen molar-refractivity contribution in [2.75, 3.05) is 31.1 Å². The summed E-state index contributed by atoms with van der Waals surface area (Å²) in [6.45, 7) is 5.32. The van der Waals surface area contributed by atoms with Crippen LogP contribution in [0.1, 0.15) is 39.1 Å². The molecule has 4 amide bonds. The van der Waals surface area contributed by atoms with Crippen molar-refractivity contribution >= 4 is 29.3 Å². The van der Waals surface area contributed by atoms with E-state index >= 15 is 0 Å². The van der Waals surface area contributed by atoms with Gasteiger partial charge in [0.2, 0.25) is 11.8 Å². The number of nitrogens with one attached hydrogen (secondary N) is 2. The van der Waals surface area contributed by atoms with Crippen LogP contribution in [0.5, 0.6) is 0 Å². The summed E-state index contributed by atoms with van der Waals surface area (Å²) in [5.41, 5.74) is 2.53. The third kappa shape index (κ3) is 2.57. The molecular weight excluding hydrogens is 336 g/mol. The molecule has 3 heterocycles. The van der Waals surface area contributed by atoms with Crippen LogP contribution < -0.4 is 15.5 Å². The van der Waals surface area contributed by atoms with E-state index in [1.165, 1.54) is 0 Å². The first-order chi connectivity index (χ1) is 12.5. The number of amides is 4. The fourth-order valence-electron chi connectivity index (χ4n) is 3.86. The second-order valence-electron chi connectivity index (χ2n) is 6.87. The number of hydrogen-bond acceptors (Lipinski definition) is 6. The summed E-state index contributed by atoms with van der Waals surface area (Å²) in [5.74, 6) is -1.89. The van der Waals surface area contributed by atoms with Gasteiger partial charge in [-0.05, 0) is 31.0 Å². The van der Waals surface area contributed by atoms with Crippen molar-refractivity contribution in [1.82, 2.24) is 15.5 Å². The molecule has 0 aliphatic carbocycles. The van der Waals surface area contributed by atoms with Gasteiger partial charge in [0.15, 0.2) is 0 Å². The van der Waals surface area contributed by atoms with Gasteiger partial charge in [0.05, 0.1) is 11.1 Å². The van der Waals surface area contributed by atoms with Gasteiger partial charge < -0.3 is 10.2 Å². The number of piperidine rings is 1. The molecule has 1 unspecified atom stereocenters. The Morgan fingerprint density at radius 2 is 1.65 bits per heavy atom. The lowest BCUT2D eigenvalue weighted by Crippen LogP contribution is -2.54. The van der Waals surface area contributed by atoms with Gasteiger partial charge in [-0.25, -0.2) is 0 Å². The van der Waals surface area contributed by atoms with E-state index in [0.29, 0.717) is 11.1 Å². The standard InChI is InChI=1S/C18H20N4O4/c1-10-8-11-12(9-14(10)21-6-4-19-5-7-21)18(26)22(17(11)25)13-2-3-15(23)20-16(13)24/h8-9,13,19H,2-7H2,1H3,(H,20,23,24). The van der Waals surface area contributed by atoms with Crippen LogP contribution in [0, 0.1) is 6.92 Å². The smallest absolute Gasteiger partial charge is 0.262 e. The van der Waals surface area contributed by atoms with Gasteiger partial charge in [0, 0.05) is 38.3 Å². The van der Waals surface area contributed by atoms with Crippen LogP contribution in [0.25, 0.3) is 0 Å². The van der Waals surface area contributed by atoms with Crippen molar-refractivity contribution < 1.29 is 19.2 Å². The fraction of sp³-hybridized carbons (Fsp3) is 0.444. The SMILES string of the molecule is Cc1cc2c(cc1N1CCNCC1)C(=O)N(C1CCC(=O)NC1=O)C2=O. The predicted molar refractivity (Wildman–Crippen MR) is 92.9 cm³/mol. The largest absolute Gasteiger partial charge is 0.369 e. The lowest BCUT2D eigenvalue weighted by Gasteiger charge is -2.31. The Kier molecular flexibility index (Phi) is 3.99. The first-order valence-corrected chi connectivity index (χ1v) is 8.79. The quantitative estimate of drug-likeness (QED) is 0.713. The van der Waals surface area contributed by atoms with Gasteiger partial charge in [-0.15, -0.1) is 0 Å². The van der Waals surface area contributed by atoms with Gasteiger partial charge in [0.1, 0.15) is 6.04 Å². The van der Waals surface area contributed by atoms with E-state index in [0.717, 1.165) is 42.3 Å². The van der Waals surface area contributed by atoms with Crippen molar-refractivity contribution in [2.45, 2.75) is 25.8 Å². The minimum atomic E-state index is -0.928. The second kappa shape index (κ2) is 6.21. The van der Waals surface area contributed by atoms with Gasteiger partial charge >= 0.3 is 0 Å². The number of imide groups is 2. The summed E-state index contributed by atoms with van der Waals surface area (Å²) < 4.78 is 0. The third-order valence-electron chi connectivity index (χ3n) is 5.21. The van der Waals surface area contributed by atoms with Crippen LogP contribution in [0.15, 0.2) is 12.1 Å². The molecule has 26 heavy (non-hydrogen) atoms. The van der Waals surface area contributed by atoms with Crippen LogP contribution in [0.4, 0.5) is 5.69 Å². The molecule has 0 saturated carbocycles. The number of carbonyl (C=O) groups is 4. The van der Waals surface area contributed by atoms with E-state index in [2.05, 4.69) is 15.5 Å². The highest BCUT2D eigenvalue weighted by molar-refractivity contribution is 6.24. The number of carbonyl (C=O) groups excluding carboxylic acids is 4. The van der Waals surface area contributed by atoms with Crippen molar-refractivity contribution in [3.63, 3.8) is 0 Å². The van der Waals surface area contributed by atoms with Crippen molar-refractivity contribution in [2.24, 2.45) is 0 Å². The Hall–Kier alpha value is -2.74. The lowest BCUT2D eigenvalue weighted by molar-refractivity contribution is -0.136. The second-order valence-corrected chi connectivity index (χ2v) is 6.87. The minimum absolute atomic E-state index is 0.120. The Bertz CT molecular complexity index is 829. The average molecular weight is 356 g/mol. The highest BCUT2D eigenvalue weighted by atomic mass is 16.2.